The molecule has 0 radical (unpaired) electrons. The van der Waals surface area contributed by atoms with Gasteiger partial charge < -0.3 is 9.64 Å². The summed E-state index contributed by atoms with van der Waals surface area (Å²) in [6.07, 6.45) is 7.15. The van der Waals surface area contributed by atoms with Crippen molar-refractivity contribution in [2.45, 2.75) is 62.0 Å². The summed E-state index contributed by atoms with van der Waals surface area (Å²) in [4.78, 5) is 15.6. The largest absolute Gasteiger partial charge is 0.376 e. The molecule has 6 nitrogen and oxygen atoms in total. The Labute approximate surface area is 184 Å². The second-order valence-corrected chi connectivity index (χ2v) is 11.5. The molecule has 0 saturated carbocycles. The molecule has 3 aliphatic heterocycles. The number of nitrogens with zero attached hydrogens (tertiary/aromatic N) is 2. The first-order valence-electron chi connectivity index (χ1n) is 11.2. The van der Waals surface area contributed by atoms with Crippen LogP contribution >= 0.6 is 11.8 Å². The van der Waals surface area contributed by atoms with Crippen molar-refractivity contribution in [3.05, 3.63) is 29.8 Å². The van der Waals surface area contributed by atoms with Crippen LogP contribution < -0.4 is 0 Å². The van der Waals surface area contributed by atoms with Crippen LogP contribution in [0.5, 0.6) is 0 Å². The van der Waals surface area contributed by atoms with Gasteiger partial charge in [-0.3, -0.25) is 4.79 Å². The van der Waals surface area contributed by atoms with E-state index in [-0.39, 0.29) is 22.9 Å². The lowest BCUT2D eigenvalue weighted by Gasteiger charge is -2.31. The van der Waals surface area contributed by atoms with E-state index in [9.17, 15) is 13.2 Å². The van der Waals surface area contributed by atoms with Crippen molar-refractivity contribution in [2.24, 2.45) is 0 Å². The van der Waals surface area contributed by atoms with E-state index in [2.05, 4.69) is 0 Å². The molecule has 0 bridgehead atoms. The highest BCUT2D eigenvalue weighted by Gasteiger charge is 2.32. The van der Waals surface area contributed by atoms with Gasteiger partial charge in [0, 0.05) is 43.6 Å². The number of benzene rings is 1. The molecule has 1 aromatic rings. The average molecular weight is 453 g/mol. The zero-order valence-electron chi connectivity index (χ0n) is 17.5. The molecule has 0 aliphatic carbocycles. The lowest BCUT2D eigenvalue weighted by molar-refractivity contribution is 0.0441. The highest BCUT2D eigenvalue weighted by molar-refractivity contribution is 7.99. The summed E-state index contributed by atoms with van der Waals surface area (Å²) in [6.45, 7) is 2.56. The van der Waals surface area contributed by atoms with Gasteiger partial charge in [0.1, 0.15) is 0 Å². The molecule has 3 aliphatic rings. The Morgan fingerprint density at radius 2 is 1.80 bits per heavy atom. The van der Waals surface area contributed by atoms with E-state index in [4.69, 9.17) is 4.74 Å². The maximum Gasteiger partial charge on any atom is 0.254 e. The summed E-state index contributed by atoms with van der Waals surface area (Å²) in [5, 5.41) is 0. The summed E-state index contributed by atoms with van der Waals surface area (Å²) in [5.41, 5.74) is 0.555. The zero-order chi connectivity index (χ0) is 21.0. The molecule has 8 heteroatoms. The highest BCUT2D eigenvalue weighted by Crippen LogP contribution is 2.27. The monoisotopic (exact) mass is 452 g/mol. The number of rotatable bonds is 6. The van der Waals surface area contributed by atoms with E-state index in [1.54, 1.807) is 28.6 Å². The second-order valence-electron chi connectivity index (χ2n) is 8.45. The predicted molar refractivity (Wildman–Crippen MR) is 119 cm³/mol. The van der Waals surface area contributed by atoms with Gasteiger partial charge in [-0.15, -0.1) is 0 Å². The third-order valence-electron chi connectivity index (χ3n) is 6.34. The Morgan fingerprint density at radius 3 is 2.40 bits per heavy atom. The fraction of sp³-hybridized carbons (Fsp3) is 0.682. The van der Waals surface area contributed by atoms with Gasteiger partial charge in [-0.05, 0) is 62.1 Å². The normalized spacial score (nSPS) is 25.9. The van der Waals surface area contributed by atoms with Crippen LogP contribution in [0.2, 0.25) is 0 Å². The number of amides is 1. The van der Waals surface area contributed by atoms with Crippen molar-refractivity contribution >= 4 is 27.7 Å². The zero-order valence-corrected chi connectivity index (χ0v) is 19.1. The van der Waals surface area contributed by atoms with Gasteiger partial charge in [-0.25, -0.2) is 8.42 Å². The molecule has 0 spiro atoms. The Bertz CT molecular complexity index is 808. The Morgan fingerprint density at radius 1 is 1.07 bits per heavy atom. The fourth-order valence-corrected chi connectivity index (χ4v) is 7.28. The Hall–Kier alpha value is -1.09. The molecule has 166 valence electrons. The van der Waals surface area contributed by atoms with E-state index in [0.29, 0.717) is 25.2 Å². The number of thioether (sulfide) groups is 1. The van der Waals surface area contributed by atoms with Crippen molar-refractivity contribution in [2.75, 3.05) is 37.7 Å². The van der Waals surface area contributed by atoms with Crippen molar-refractivity contribution < 1.29 is 17.9 Å². The third-order valence-corrected chi connectivity index (χ3v) is 9.39. The van der Waals surface area contributed by atoms with Gasteiger partial charge in [-0.1, -0.05) is 12.8 Å². The van der Waals surface area contributed by atoms with Gasteiger partial charge in [0.05, 0.1) is 11.0 Å². The van der Waals surface area contributed by atoms with Crippen molar-refractivity contribution in [3.63, 3.8) is 0 Å². The summed E-state index contributed by atoms with van der Waals surface area (Å²) < 4.78 is 33.4. The number of sulfonamides is 1. The van der Waals surface area contributed by atoms with Crippen molar-refractivity contribution in [1.82, 2.24) is 9.21 Å². The average Bonchev–Trinajstić information content (AvgIpc) is 3.40. The first kappa shape index (κ1) is 22.1. The van der Waals surface area contributed by atoms with Crippen LogP contribution in [0.4, 0.5) is 0 Å². The molecular formula is C22H32N2O4S2. The van der Waals surface area contributed by atoms with E-state index < -0.39 is 10.0 Å². The molecule has 1 amide bonds. The fourth-order valence-electron chi connectivity index (χ4n) is 4.54. The van der Waals surface area contributed by atoms with Crippen LogP contribution in [0.1, 0.15) is 55.3 Å². The van der Waals surface area contributed by atoms with E-state index in [0.717, 1.165) is 63.1 Å². The maximum atomic E-state index is 13.3. The number of ether oxygens (including phenoxy) is 1. The van der Waals surface area contributed by atoms with Gasteiger partial charge in [0.2, 0.25) is 10.0 Å². The number of carbonyl (C=O) groups excluding carboxylic acids is 1. The standard InChI is InChI=1S/C22H32N2O4S2/c25-22(24(19-11-15-29-17-19)16-20-6-5-14-28-20)18-7-9-21(10-8-18)30(26,27)23-12-3-1-2-4-13-23/h7-10,19-20H,1-6,11-17H2. The molecule has 30 heavy (non-hydrogen) atoms. The lowest BCUT2D eigenvalue weighted by Crippen LogP contribution is -2.44. The van der Waals surface area contributed by atoms with Gasteiger partial charge in [0.25, 0.3) is 5.91 Å². The van der Waals surface area contributed by atoms with Gasteiger partial charge >= 0.3 is 0 Å². The number of carbonyl (C=O) groups is 1. The highest BCUT2D eigenvalue weighted by atomic mass is 32.2. The summed E-state index contributed by atoms with van der Waals surface area (Å²) >= 11 is 1.88. The van der Waals surface area contributed by atoms with Crippen LogP contribution in [0, 0.1) is 0 Å². The second kappa shape index (κ2) is 10.0. The molecule has 1 aromatic carbocycles. The van der Waals surface area contributed by atoms with Gasteiger partial charge in [0.15, 0.2) is 0 Å². The third kappa shape index (κ3) is 5.03. The molecule has 3 saturated heterocycles. The number of hydrogen-bond acceptors (Lipinski definition) is 5. The van der Waals surface area contributed by atoms with Crippen molar-refractivity contribution in [3.8, 4) is 0 Å². The quantitative estimate of drug-likeness (QED) is 0.662. The minimum atomic E-state index is -3.50. The Kier molecular flexibility index (Phi) is 7.39. The van der Waals surface area contributed by atoms with Crippen LogP contribution in [0.15, 0.2) is 29.2 Å². The van der Waals surface area contributed by atoms with Crippen molar-refractivity contribution in [1.29, 1.82) is 0 Å². The molecule has 0 N–H and O–H groups in total. The summed E-state index contributed by atoms with van der Waals surface area (Å²) in [6, 6.07) is 6.78. The minimum Gasteiger partial charge on any atom is -0.376 e. The summed E-state index contributed by atoms with van der Waals surface area (Å²) in [5.74, 6) is 2.02. The first-order valence-corrected chi connectivity index (χ1v) is 13.8. The van der Waals surface area contributed by atoms with Gasteiger partial charge in [-0.2, -0.15) is 16.1 Å². The van der Waals surface area contributed by atoms with Crippen LogP contribution in [-0.2, 0) is 14.8 Å². The molecular weight excluding hydrogens is 420 g/mol. The minimum absolute atomic E-state index is 0.0169. The van der Waals surface area contributed by atoms with Crippen LogP contribution in [-0.4, -0.2) is 73.4 Å². The Balaban J connectivity index is 1.50. The first-order chi connectivity index (χ1) is 14.6. The molecule has 3 heterocycles. The smallest absolute Gasteiger partial charge is 0.254 e. The van der Waals surface area contributed by atoms with E-state index in [1.807, 2.05) is 16.7 Å². The predicted octanol–water partition coefficient (Wildman–Crippen LogP) is 3.38. The molecule has 3 fully saturated rings. The summed E-state index contributed by atoms with van der Waals surface area (Å²) in [7, 11) is -3.50. The lowest BCUT2D eigenvalue weighted by atomic mass is 10.1. The topological polar surface area (TPSA) is 66.9 Å². The van der Waals surface area contributed by atoms with E-state index in [1.165, 1.54) is 0 Å². The maximum absolute atomic E-state index is 13.3. The molecule has 4 rings (SSSR count). The molecule has 2 unspecified atom stereocenters. The van der Waals surface area contributed by atoms with Crippen LogP contribution in [0.25, 0.3) is 0 Å². The molecule has 2 atom stereocenters. The molecule has 0 aromatic heterocycles. The SMILES string of the molecule is O=C(c1ccc(S(=O)(=O)N2CCCCCC2)cc1)N(CC1CCCO1)C1CCSC1. The number of hydrogen-bond donors (Lipinski definition) is 0. The van der Waals surface area contributed by atoms with Crippen LogP contribution in [0.3, 0.4) is 0 Å². The van der Waals surface area contributed by atoms with E-state index >= 15 is 0 Å².